The Labute approximate surface area is 224 Å². The molecule has 0 amide bonds. The fourth-order valence-electron chi connectivity index (χ4n) is 3.85. The van der Waals surface area contributed by atoms with Gasteiger partial charge in [0.2, 0.25) is 0 Å². The number of nitrogens with zero attached hydrogens (tertiary/aromatic N) is 1. The van der Waals surface area contributed by atoms with Crippen LogP contribution in [0.2, 0.25) is 12.1 Å². The third kappa shape index (κ3) is 17.6. The Kier molecular flexibility index (Phi) is 24.2. The van der Waals surface area contributed by atoms with Crippen molar-refractivity contribution in [3.8, 4) is 0 Å². The highest BCUT2D eigenvalue weighted by molar-refractivity contribution is 6.61. The first-order valence-electron chi connectivity index (χ1n) is 14.1. The van der Waals surface area contributed by atoms with E-state index in [0.29, 0.717) is 39.6 Å². The van der Waals surface area contributed by atoms with Crippen molar-refractivity contribution in [3.05, 3.63) is 0 Å². The van der Waals surface area contributed by atoms with Crippen molar-refractivity contribution in [1.82, 2.24) is 4.90 Å². The van der Waals surface area contributed by atoms with Crippen LogP contribution in [0.15, 0.2) is 0 Å². The van der Waals surface area contributed by atoms with Crippen LogP contribution in [0.25, 0.3) is 0 Å². The summed E-state index contributed by atoms with van der Waals surface area (Å²) in [6.45, 7) is 20.4. The maximum atomic E-state index is 5.90. The first kappa shape index (κ1) is 36.1. The molecule has 0 saturated carbocycles. The Hall–Kier alpha value is 0.0738. The van der Waals surface area contributed by atoms with Crippen LogP contribution in [0.1, 0.15) is 67.2 Å². The highest BCUT2D eigenvalue weighted by Gasteiger charge is 2.40. The zero-order chi connectivity index (χ0) is 27.0. The van der Waals surface area contributed by atoms with Crippen LogP contribution >= 0.6 is 0 Å². The third-order valence-corrected chi connectivity index (χ3v) is 11.8. The Morgan fingerprint density at radius 3 is 1.03 bits per heavy atom. The molecule has 218 valence electrons. The van der Waals surface area contributed by atoms with E-state index < -0.39 is 17.6 Å². The van der Waals surface area contributed by atoms with Gasteiger partial charge in [0.15, 0.2) is 0 Å². The first-order valence-corrected chi connectivity index (χ1v) is 18.0. The molecule has 0 aromatic heterocycles. The minimum absolute atomic E-state index is 0.622. The van der Waals surface area contributed by atoms with Crippen LogP contribution in [0.3, 0.4) is 0 Å². The molecule has 0 N–H and O–H groups in total. The SMILES string of the molecule is CCO[Si](CCCCOCCN(C)CCOCCCC[Si](OCC)(OCC)OCC)(OCC)OCC. The maximum absolute atomic E-state index is 5.90. The average molecular weight is 556 g/mol. The van der Waals surface area contributed by atoms with Crippen molar-refractivity contribution < 1.29 is 36.0 Å². The van der Waals surface area contributed by atoms with E-state index in [4.69, 9.17) is 36.0 Å². The fraction of sp³-hybridized carbons (Fsp3) is 1.00. The number of ether oxygens (including phenoxy) is 2. The Balaban J connectivity index is 3.86. The molecule has 0 fully saturated rings. The van der Waals surface area contributed by atoms with Gasteiger partial charge in [-0.1, -0.05) is 0 Å². The summed E-state index contributed by atoms with van der Waals surface area (Å²) in [6.07, 6.45) is 3.93. The molecule has 0 aliphatic heterocycles. The number of hydrogen-bond acceptors (Lipinski definition) is 9. The quantitative estimate of drug-likeness (QED) is 0.102. The minimum atomic E-state index is -2.52. The number of rotatable bonds is 28. The smallest absolute Gasteiger partial charge is 0.380 e. The van der Waals surface area contributed by atoms with E-state index >= 15 is 0 Å². The van der Waals surface area contributed by atoms with Crippen molar-refractivity contribution in [3.63, 3.8) is 0 Å². The normalized spacial score (nSPS) is 12.7. The monoisotopic (exact) mass is 555 g/mol. The van der Waals surface area contributed by atoms with Crippen LogP contribution in [0.5, 0.6) is 0 Å². The van der Waals surface area contributed by atoms with Gasteiger partial charge in [0, 0.05) is 78.0 Å². The molecule has 0 atom stereocenters. The van der Waals surface area contributed by atoms with Gasteiger partial charge in [0.25, 0.3) is 0 Å². The molecular formula is C25H57NO8Si2. The zero-order valence-electron chi connectivity index (χ0n) is 24.4. The molecule has 36 heavy (non-hydrogen) atoms. The summed E-state index contributed by atoms with van der Waals surface area (Å²) in [6, 6.07) is 1.68. The van der Waals surface area contributed by atoms with Gasteiger partial charge in [-0.3, -0.25) is 0 Å². The molecule has 0 aromatic carbocycles. The van der Waals surface area contributed by atoms with Crippen molar-refractivity contribution in [1.29, 1.82) is 0 Å². The second-order valence-corrected chi connectivity index (χ2v) is 13.9. The largest absolute Gasteiger partial charge is 0.500 e. The minimum Gasteiger partial charge on any atom is -0.380 e. The van der Waals surface area contributed by atoms with Crippen LogP contribution in [-0.2, 0) is 36.0 Å². The molecule has 0 unspecified atom stereocenters. The van der Waals surface area contributed by atoms with Crippen molar-refractivity contribution >= 4 is 17.6 Å². The van der Waals surface area contributed by atoms with E-state index in [2.05, 4.69) is 11.9 Å². The van der Waals surface area contributed by atoms with Crippen LogP contribution in [-0.4, -0.2) is 109 Å². The predicted molar refractivity (Wildman–Crippen MR) is 148 cm³/mol. The lowest BCUT2D eigenvalue weighted by Gasteiger charge is -2.28. The Bertz CT molecular complexity index is 405. The molecule has 0 bridgehead atoms. The average Bonchev–Trinajstić information content (AvgIpc) is 2.84. The molecular weight excluding hydrogens is 498 g/mol. The molecule has 11 heteroatoms. The molecule has 0 rings (SSSR count). The highest BCUT2D eigenvalue weighted by Crippen LogP contribution is 2.20. The van der Waals surface area contributed by atoms with Crippen LogP contribution < -0.4 is 0 Å². The number of hydrogen-bond donors (Lipinski definition) is 0. The van der Waals surface area contributed by atoms with Gasteiger partial charge >= 0.3 is 17.6 Å². The summed E-state index contributed by atoms with van der Waals surface area (Å²) in [4.78, 5) is 2.24. The Morgan fingerprint density at radius 1 is 0.444 bits per heavy atom. The van der Waals surface area contributed by atoms with Crippen LogP contribution in [0, 0.1) is 0 Å². The summed E-state index contributed by atoms with van der Waals surface area (Å²) >= 11 is 0. The summed E-state index contributed by atoms with van der Waals surface area (Å²) < 4.78 is 47.1. The van der Waals surface area contributed by atoms with Gasteiger partial charge in [-0.2, -0.15) is 0 Å². The lowest BCUT2D eigenvalue weighted by molar-refractivity contribution is 0.0671. The zero-order valence-corrected chi connectivity index (χ0v) is 26.4. The van der Waals surface area contributed by atoms with Gasteiger partial charge in [0.1, 0.15) is 0 Å². The molecule has 0 aliphatic carbocycles. The third-order valence-electron chi connectivity index (χ3n) is 5.46. The van der Waals surface area contributed by atoms with Crippen molar-refractivity contribution in [2.45, 2.75) is 79.3 Å². The molecule has 0 aromatic rings. The molecule has 0 aliphatic rings. The highest BCUT2D eigenvalue weighted by atomic mass is 28.4. The van der Waals surface area contributed by atoms with E-state index in [1.165, 1.54) is 0 Å². The topological polar surface area (TPSA) is 77.1 Å². The van der Waals surface area contributed by atoms with E-state index in [0.717, 1.165) is 77.3 Å². The maximum Gasteiger partial charge on any atom is 0.500 e. The molecule has 0 heterocycles. The van der Waals surface area contributed by atoms with Gasteiger partial charge < -0.3 is 40.9 Å². The van der Waals surface area contributed by atoms with E-state index in [9.17, 15) is 0 Å². The molecule has 0 radical (unpaired) electrons. The number of likely N-dealkylation sites (N-methyl/N-ethyl adjacent to an activating group) is 1. The molecule has 0 saturated heterocycles. The van der Waals surface area contributed by atoms with Gasteiger partial charge in [-0.15, -0.1) is 0 Å². The number of unbranched alkanes of at least 4 members (excludes halogenated alkanes) is 2. The summed E-state index contributed by atoms with van der Waals surface area (Å²) in [5.41, 5.74) is 0. The van der Waals surface area contributed by atoms with Gasteiger partial charge in [-0.25, -0.2) is 0 Å². The first-order chi connectivity index (χ1) is 17.5. The summed E-state index contributed by atoms with van der Waals surface area (Å²) in [5, 5.41) is 0. The van der Waals surface area contributed by atoms with E-state index in [-0.39, 0.29) is 0 Å². The van der Waals surface area contributed by atoms with Gasteiger partial charge in [0.05, 0.1) is 13.2 Å². The molecule has 9 nitrogen and oxygen atoms in total. The van der Waals surface area contributed by atoms with E-state index in [1.54, 1.807) is 0 Å². The second-order valence-electron chi connectivity index (χ2n) is 8.41. The van der Waals surface area contributed by atoms with Gasteiger partial charge in [-0.05, 0) is 74.3 Å². The lowest BCUT2D eigenvalue weighted by atomic mass is 10.3. The molecule has 0 spiro atoms. The lowest BCUT2D eigenvalue weighted by Crippen LogP contribution is -2.45. The van der Waals surface area contributed by atoms with Crippen molar-refractivity contribution in [2.24, 2.45) is 0 Å². The standard InChI is InChI=1S/C25H57NO8Si2/c1-8-29-35(30-9-2,31-10-3)24-16-14-20-27-22-18-26(7)19-23-28-21-15-17-25-36(32-11-4,33-12-5)34-13-6/h8-25H2,1-7H3. The van der Waals surface area contributed by atoms with Crippen molar-refractivity contribution in [2.75, 3.05) is 86.2 Å². The summed E-state index contributed by atoms with van der Waals surface area (Å²) in [5.74, 6) is 0. The fourth-order valence-corrected chi connectivity index (χ4v) is 9.22. The predicted octanol–water partition coefficient (Wildman–Crippen LogP) is 4.61. The van der Waals surface area contributed by atoms with Crippen LogP contribution in [0.4, 0.5) is 0 Å². The second kappa shape index (κ2) is 24.1. The Morgan fingerprint density at radius 2 is 0.750 bits per heavy atom. The van der Waals surface area contributed by atoms with E-state index in [1.807, 2.05) is 41.5 Å². The summed E-state index contributed by atoms with van der Waals surface area (Å²) in [7, 11) is -2.95.